The molecule has 7 nitrogen and oxygen atoms in total. The molecule has 0 radical (unpaired) electrons. The van der Waals surface area contributed by atoms with Crippen molar-refractivity contribution in [3.05, 3.63) is 58.7 Å². The molecule has 4 rings (SSSR count). The minimum atomic E-state index is -0.0884. The summed E-state index contributed by atoms with van der Waals surface area (Å²) in [6.45, 7) is 0.673. The third-order valence-corrected chi connectivity index (χ3v) is 4.30. The van der Waals surface area contributed by atoms with Crippen LogP contribution in [0.15, 0.2) is 41.8 Å². The molecule has 0 bridgehead atoms. The molecule has 7 heteroatoms. The van der Waals surface area contributed by atoms with Crippen molar-refractivity contribution in [3.8, 4) is 0 Å². The smallest absolute Gasteiger partial charge is 0.257 e. The van der Waals surface area contributed by atoms with Crippen LogP contribution in [0, 0.1) is 0 Å². The molecule has 4 heterocycles. The van der Waals surface area contributed by atoms with Gasteiger partial charge in [0.15, 0.2) is 5.65 Å². The lowest BCUT2D eigenvalue weighted by atomic mass is 9.90. The van der Waals surface area contributed by atoms with E-state index in [1.165, 1.54) is 12.3 Å². The van der Waals surface area contributed by atoms with Crippen molar-refractivity contribution in [2.75, 3.05) is 6.61 Å². The summed E-state index contributed by atoms with van der Waals surface area (Å²) in [5, 5.41) is 4.21. The van der Waals surface area contributed by atoms with Crippen molar-refractivity contribution in [1.29, 1.82) is 0 Å². The van der Waals surface area contributed by atoms with Crippen molar-refractivity contribution in [3.63, 3.8) is 0 Å². The molecule has 0 N–H and O–H groups in total. The number of nitrogens with zero attached hydrogens (tertiary/aromatic N) is 5. The van der Waals surface area contributed by atoms with Crippen molar-refractivity contribution in [1.82, 2.24) is 24.1 Å². The van der Waals surface area contributed by atoms with Crippen LogP contribution in [-0.4, -0.2) is 30.8 Å². The highest BCUT2D eigenvalue weighted by Gasteiger charge is 2.27. The summed E-state index contributed by atoms with van der Waals surface area (Å²) in [6, 6.07) is 1.46. The standard InChI is InChI=1S/C16H17N5O2/c1-20-9-12(7-19-20)14-6-11(3-5-23-14)13-10-21-15(8-18-13)17-4-2-16(21)22/h2,4,7-11,14H,3,5-6H2,1H3. The van der Waals surface area contributed by atoms with E-state index < -0.39 is 0 Å². The highest BCUT2D eigenvalue weighted by atomic mass is 16.5. The average Bonchev–Trinajstić information content (AvgIpc) is 3.02. The van der Waals surface area contributed by atoms with Crippen LogP contribution in [0.4, 0.5) is 0 Å². The molecule has 0 aliphatic carbocycles. The van der Waals surface area contributed by atoms with Gasteiger partial charge in [0.1, 0.15) is 0 Å². The first kappa shape index (κ1) is 14.1. The van der Waals surface area contributed by atoms with Crippen LogP contribution in [-0.2, 0) is 11.8 Å². The van der Waals surface area contributed by atoms with E-state index in [-0.39, 0.29) is 17.6 Å². The fourth-order valence-electron chi connectivity index (χ4n) is 3.07. The van der Waals surface area contributed by atoms with Gasteiger partial charge in [0.25, 0.3) is 5.56 Å². The van der Waals surface area contributed by atoms with Crippen molar-refractivity contribution >= 4 is 5.65 Å². The van der Waals surface area contributed by atoms with Crippen molar-refractivity contribution in [2.24, 2.45) is 7.05 Å². The molecule has 1 aliphatic rings. The SMILES string of the molecule is Cn1cc(C2CC(c3cn4c(=O)ccnc4cn3)CCO2)cn1. The zero-order chi connectivity index (χ0) is 15.8. The van der Waals surface area contributed by atoms with Crippen molar-refractivity contribution in [2.45, 2.75) is 24.9 Å². The normalized spacial score (nSPS) is 21.6. The van der Waals surface area contributed by atoms with Gasteiger partial charge >= 0.3 is 0 Å². The number of hydrogen-bond donors (Lipinski definition) is 0. The number of aryl methyl sites for hydroxylation is 1. The van der Waals surface area contributed by atoms with E-state index in [4.69, 9.17) is 4.74 Å². The van der Waals surface area contributed by atoms with Crippen LogP contribution in [0.5, 0.6) is 0 Å². The summed E-state index contributed by atoms with van der Waals surface area (Å²) >= 11 is 0. The lowest BCUT2D eigenvalue weighted by Gasteiger charge is -2.28. The zero-order valence-electron chi connectivity index (χ0n) is 12.8. The molecule has 2 atom stereocenters. The van der Waals surface area contributed by atoms with E-state index in [1.54, 1.807) is 21.5 Å². The number of fused-ring (bicyclic) bond motifs is 1. The molecule has 3 aromatic heterocycles. The van der Waals surface area contributed by atoms with Crippen LogP contribution in [0.2, 0.25) is 0 Å². The number of hydrogen-bond acceptors (Lipinski definition) is 5. The molecule has 0 spiro atoms. The van der Waals surface area contributed by atoms with Crippen LogP contribution >= 0.6 is 0 Å². The van der Waals surface area contributed by atoms with Gasteiger partial charge < -0.3 is 4.74 Å². The fraction of sp³-hybridized carbons (Fsp3) is 0.375. The van der Waals surface area contributed by atoms with Crippen LogP contribution in [0.25, 0.3) is 5.65 Å². The number of aromatic nitrogens is 5. The molecule has 0 amide bonds. The van der Waals surface area contributed by atoms with E-state index in [1.807, 2.05) is 19.4 Å². The molecular formula is C16H17N5O2. The number of rotatable bonds is 2. The molecule has 2 unspecified atom stereocenters. The Kier molecular flexibility index (Phi) is 3.42. The Labute approximate surface area is 132 Å². The van der Waals surface area contributed by atoms with E-state index in [2.05, 4.69) is 15.1 Å². The van der Waals surface area contributed by atoms with Gasteiger partial charge in [0.2, 0.25) is 0 Å². The highest BCUT2D eigenvalue weighted by Crippen LogP contribution is 2.36. The molecule has 3 aromatic rings. The van der Waals surface area contributed by atoms with Crippen LogP contribution in [0.1, 0.15) is 36.1 Å². The summed E-state index contributed by atoms with van der Waals surface area (Å²) in [7, 11) is 1.90. The summed E-state index contributed by atoms with van der Waals surface area (Å²) in [5.74, 6) is 0.255. The number of ether oxygens (including phenoxy) is 1. The highest BCUT2D eigenvalue weighted by molar-refractivity contribution is 5.34. The zero-order valence-corrected chi connectivity index (χ0v) is 12.8. The second-order valence-electron chi connectivity index (χ2n) is 5.85. The minimum Gasteiger partial charge on any atom is -0.373 e. The maximum absolute atomic E-state index is 12.0. The third kappa shape index (κ3) is 2.63. The summed E-state index contributed by atoms with van der Waals surface area (Å²) in [4.78, 5) is 20.6. The summed E-state index contributed by atoms with van der Waals surface area (Å²) < 4.78 is 9.21. The lowest BCUT2D eigenvalue weighted by Crippen LogP contribution is -2.21. The Balaban J connectivity index is 1.64. The van der Waals surface area contributed by atoms with Gasteiger partial charge in [0.05, 0.1) is 24.2 Å². The van der Waals surface area contributed by atoms with Gasteiger partial charge in [-0.3, -0.25) is 18.9 Å². The van der Waals surface area contributed by atoms with Gasteiger partial charge in [-0.05, 0) is 12.8 Å². The van der Waals surface area contributed by atoms with Gasteiger partial charge in [-0.25, -0.2) is 4.98 Å². The Hall–Kier alpha value is -2.54. The first-order chi connectivity index (χ1) is 11.2. The Morgan fingerprint density at radius 3 is 3.00 bits per heavy atom. The van der Waals surface area contributed by atoms with E-state index >= 15 is 0 Å². The van der Waals surface area contributed by atoms with Crippen LogP contribution < -0.4 is 5.56 Å². The second-order valence-corrected chi connectivity index (χ2v) is 5.85. The van der Waals surface area contributed by atoms with E-state index in [9.17, 15) is 4.79 Å². The first-order valence-corrected chi connectivity index (χ1v) is 7.64. The maximum atomic E-state index is 12.0. The fourth-order valence-corrected chi connectivity index (χ4v) is 3.07. The molecule has 0 aromatic carbocycles. The van der Waals surface area contributed by atoms with Crippen molar-refractivity contribution < 1.29 is 4.74 Å². The predicted molar refractivity (Wildman–Crippen MR) is 83.1 cm³/mol. The maximum Gasteiger partial charge on any atom is 0.257 e. The second kappa shape index (κ2) is 5.58. The Bertz CT molecular complexity index is 901. The van der Waals surface area contributed by atoms with Crippen LogP contribution in [0.3, 0.4) is 0 Å². The first-order valence-electron chi connectivity index (χ1n) is 7.64. The average molecular weight is 311 g/mol. The lowest BCUT2D eigenvalue weighted by molar-refractivity contribution is 0.00454. The summed E-state index contributed by atoms with van der Waals surface area (Å²) in [5.41, 5.74) is 2.47. The topological polar surface area (TPSA) is 74.3 Å². The summed E-state index contributed by atoms with van der Waals surface area (Å²) in [6.07, 6.45) is 10.5. The molecule has 1 saturated heterocycles. The minimum absolute atomic E-state index is 0.0190. The molecule has 0 saturated carbocycles. The molecule has 23 heavy (non-hydrogen) atoms. The molecule has 118 valence electrons. The Morgan fingerprint density at radius 2 is 2.17 bits per heavy atom. The third-order valence-electron chi connectivity index (χ3n) is 4.30. The molecule has 1 aliphatic heterocycles. The largest absolute Gasteiger partial charge is 0.373 e. The Morgan fingerprint density at radius 1 is 1.26 bits per heavy atom. The van der Waals surface area contributed by atoms with E-state index in [0.29, 0.717) is 12.3 Å². The molecule has 1 fully saturated rings. The van der Waals surface area contributed by atoms with E-state index in [0.717, 1.165) is 24.1 Å². The predicted octanol–water partition coefficient (Wildman–Crippen LogP) is 1.46. The van der Waals surface area contributed by atoms with Gasteiger partial charge in [0, 0.05) is 49.8 Å². The quantitative estimate of drug-likeness (QED) is 0.716. The molecular weight excluding hydrogens is 294 g/mol. The van der Waals surface area contributed by atoms with Gasteiger partial charge in [-0.1, -0.05) is 0 Å². The van der Waals surface area contributed by atoms with Gasteiger partial charge in [-0.15, -0.1) is 0 Å². The monoisotopic (exact) mass is 311 g/mol. The van der Waals surface area contributed by atoms with Gasteiger partial charge in [-0.2, -0.15) is 5.10 Å².